The average Bonchev–Trinajstić information content (AvgIpc) is 3.15. The van der Waals surface area contributed by atoms with Crippen molar-refractivity contribution < 1.29 is 4.79 Å². The SMILES string of the molecule is NCC(SCC(=O)NC1CC1)c1ccccn1. The molecule has 1 fully saturated rings. The quantitative estimate of drug-likeness (QED) is 0.794. The van der Waals surface area contributed by atoms with Crippen molar-refractivity contribution in [3.05, 3.63) is 30.1 Å². The number of pyridine rings is 1. The average molecular weight is 251 g/mol. The molecule has 17 heavy (non-hydrogen) atoms. The Hall–Kier alpha value is -1.07. The van der Waals surface area contributed by atoms with E-state index in [0.717, 1.165) is 18.5 Å². The van der Waals surface area contributed by atoms with Crippen LogP contribution < -0.4 is 11.1 Å². The molecule has 0 saturated heterocycles. The number of hydrogen-bond donors (Lipinski definition) is 2. The van der Waals surface area contributed by atoms with Crippen LogP contribution in [0.5, 0.6) is 0 Å². The van der Waals surface area contributed by atoms with Crippen molar-refractivity contribution in [2.24, 2.45) is 5.73 Å². The number of aromatic nitrogens is 1. The summed E-state index contributed by atoms with van der Waals surface area (Å²) < 4.78 is 0. The van der Waals surface area contributed by atoms with Crippen molar-refractivity contribution in [1.29, 1.82) is 0 Å². The van der Waals surface area contributed by atoms with Gasteiger partial charge in [-0.3, -0.25) is 9.78 Å². The van der Waals surface area contributed by atoms with Crippen LogP contribution in [-0.2, 0) is 4.79 Å². The smallest absolute Gasteiger partial charge is 0.230 e. The van der Waals surface area contributed by atoms with E-state index in [1.165, 1.54) is 0 Å². The van der Waals surface area contributed by atoms with Gasteiger partial charge in [0.15, 0.2) is 0 Å². The minimum absolute atomic E-state index is 0.0983. The van der Waals surface area contributed by atoms with E-state index >= 15 is 0 Å². The highest BCUT2D eigenvalue weighted by atomic mass is 32.2. The molecule has 1 atom stereocenters. The number of rotatable bonds is 6. The Morgan fingerprint density at radius 3 is 3.00 bits per heavy atom. The van der Waals surface area contributed by atoms with Crippen LogP contribution >= 0.6 is 11.8 Å². The van der Waals surface area contributed by atoms with Gasteiger partial charge in [-0.1, -0.05) is 6.07 Å². The van der Waals surface area contributed by atoms with Gasteiger partial charge in [0.2, 0.25) is 5.91 Å². The van der Waals surface area contributed by atoms with Gasteiger partial charge in [0.25, 0.3) is 0 Å². The summed E-state index contributed by atoms with van der Waals surface area (Å²) in [6.45, 7) is 0.498. The minimum Gasteiger partial charge on any atom is -0.353 e. The van der Waals surface area contributed by atoms with Gasteiger partial charge in [-0.2, -0.15) is 0 Å². The van der Waals surface area contributed by atoms with Gasteiger partial charge >= 0.3 is 0 Å². The van der Waals surface area contributed by atoms with Crippen LogP contribution in [0.15, 0.2) is 24.4 Å². The van der Waals surface area contributed by atoms with Crippen molar-refractivity contribution in [3.8, 4) is 0 Å². The molecule has 0 spiro atoms. The standard InChI is InChI=1S/C12H17N3OS/c13-7-11(10-3-1-2-6-14-10)17-8-12(16)15-9-4-5-9/h1-3,6,9,11H,4-5,7-8,13H2,(H,15,16). The molecule has 1 aliphatic carbocycles. The fraction of sp³-hybridized carbons (Fsp3) is 0.500. The maximum atomic E-state index is 11.6. The molecule has 0 bridgehead atoms. The van der Waals surface area contributed by atoms with Crippen LogP contribution in [0.1, 0.15) is 23.8 Å². The summed E-state index contributed by atoms with van der Waals surface area (Å²) in [6, 6.07) is 6.19. The Morgan fingerprint density at radius 1 is 1.59 bits per heavy atom. The minimum atomic E-state index is 0.0983. The van der Waals surface area contributed by atoms with Crippen molar-refractivity contribution in [3.63, 3.8) is 0 Å². The normalized spacial score (nSPS) is 16.5. The predicted octanol–water partition coefficient (Wildman–Crippen LogP) is 1.09. The number of hydrogen-bond acceptors (Lipinski definition) is 4. The zero-order valence-electron chi connectivity index (χ0n) is 9.63. The highest BCUT2D eigenvalue weighted by Crippen LogP contribution is 2.26. The Morgan fingerprint density at radius 2 is 2.41 bits per heavy atom. The van der Waals surface area contributed by atoms with E-state index in [9.17, 15) is 4.79 Å². The first kappa shape index (κ1) is 12.4. The lowest BCUT2D eigenvalue weighted by Crippen LogP contribution is -2.27. The number of amides is 1. The number of nitrogens with zero attached hydrogens (tertiary/aromatic N) is 1. The predicted molar refractivity (Wildman–Crippen MR) is 69.7 cm³/mol. The Labute approximate surface area is 105 Å². The summed E-state index contributed by atoms with van der Waals surface area (Å²) >= 11 is 1.55. The topological polar surface area (TPSA) is 68.0 Å². The Bertz CT molecular complexity index is 367. The molecule has 1 aromatic rings. The second-order valence-corrected chi connectivity index (χ2v) is 5.32. The van der Waals surface area contributed by atoms with Gasteiger partial charge in [-0.25, -0.2) is 0 Å². The van der Waals surface area contributed by atoms with Gasteiger partial charge < -0.3 is 11.1 Å². The zero-order valence-corrected chi connectivity index (χ0v) is 10.5. The van der Waals surface area contributed by atoms with Crippen LogP contribution in [0.3, 0.4) is 0 Å². The maximum absolute atomic E-state index is 11.6. The molecule has 0 aromatic carbocycles. The Balaban J connectivity index is 1.80. The van der Waals surface area contributed by atoms with E-state index in [4.69, 9.17) is 5.73 Å². The summed E-state index contributed by atoms with van der Waals surface area (Å²) in [7, 11) is 0. The molecule has 1 aromatic heterocycles. The van der Waals surface area contributed by atoms with Crippen molar-refractivity contribution in [2.75, 3.05) is 12.3 Å². The molecule has 1 heterocycles. The molecule has 3 N–H and O–H groups in total. The molecule has 1 saturated carbocycles. The first-order valence-corrected chi connectivity index (χ1v) is 6.86. The molecule has 4 nitrogen and oxygen atoms in total. The highest BCUT2D eigenvalue weighted by Gasteiger charge is 2.23. The first-order chi connectivity index (χ1) is 8.29. The van der Waals surface area contributed by atoms with Crippen LogP contribution in [0.2, 0.25) is 0 Å². The van der Waals surface area contributed by atoms with Gasteiger partial charge in [-0.15, -0.1) is 11.8 Å². The number of carbonyl (C=O) groups is 1. The zero-order chi connectivity index (χ0) is 12.1. The lowest BCUT2D eigenvalue weighted by molar-refractivity contribution is -0.118. The van der Waals surface area contributed by atoms with Crippen LogP contribution in [0.25, 0.3) is 0 Å². The fourth-order valence-corrected chi connectivity index (χ4v) is 2.40. The maximum Gasteiger partial charge on any atom is 0.230 e. The molecular weight excluding hydrogens is 234 g/mol. The van der Waals surface area contributed by atoms with Crippen LogP contribution in [0, 0.1) is 0 Å². The van der Waals surface area contributed by atoms with E-state index in [-0.39, 0.29) is 11.2 Å². The number of carbonyl (C=O) groups excluding carboxylic acids is 1. The largest absolute Gasteiger partial charge is 0.353 e. The summed E-state index contributed by atoms with van der Waals surface area (Å²) in [5.74, 6) is 0.557. The third kappa shape index (κ3) is 4.02. The Kier molecular flexibility index (Phi) is 4.39. The molecule has 1 aliphatic rings. The number of nitrogens with one attached hydrogen (secondary N) is 1. The third-order valence-electron chi connectivity index (χ3n) is 2.59. The van der Waals surface area contributed by atoms with Crippen LogP contribution in [0.4, 0.5) is 0 Å². The van der Waals surface area contributed by atoms with Crippen molar-refractivity contribution >= 4 is 17.7 Å². The molecule has 1 unspecified atom stereocenters. The van der Waals surface area contributed by atoms with Crippen molar-refractivity contribution in [2.45, 2.75) is 24.1 Å². The summed E-state index contributed by atoms with van der Waals surface area (Å²) in [4.78, 5) is 15.8. The fourth-order valence-electron chi connectivity index (χ4n) is 1.51. The van der Waals surface area contributed by atoms with Gasteiger partial charge in [0.05, 0.1) is 16.7 Å². The van der Waals surface area contributed by atoms with E-state index in [2.05, 4.69) is 10.3 Å². The first-order valence-electron chi connectivity index (χ1n) is 5.81. The summed E-state index contributed by atoms with van der Waals surface area (Å²) in [5, 5.41) is 3.06. The van der Waals surface area contributed by atoms with Gasteiger partial charge in [-0.05, 0) is 25.0 Å². The lowest BCUT2D eigenvalue weighted by atomic mass is 10.3. The van der Waals surface area contributed by atoms with E-state index in [0.29, 0.717) is 18.3 Å². The highest BCUT2D eigenvalue weighted by molar-refractivity contribution is 8.00. The molecule has 92 valence electrons. The number of nitrogens with two attached hydrogens (primary N) is 1. The summed E-state index contributed by atoms with van der Waals surface area (Å²) in [6.07, 6.45) is 4.00. The van der Waals surface area contributed by atoms with E-state index in [1.54, 1.807) is 18.0 Å². The molecule has 1 amide bonds. The molecular formula is C12H17N3OS. The van der Waals surface area contributed by atoms with E-state index < -0.39 is 0 Å². The second-order valence-electron chi connectivity index (χ2n) is 4.13. The van der Waals surface area contributed by atoms with Crippen molar-refractivity contribution in [1.82, 2.24) is 10.3 Å². The lowest BCUT2D eigenvalue weighted by Gasteiger charge is -2.13. The third-order valence-corrected chi connectivity index (χ3v) is 3.85. The van der Waals surface area contributed by atoms with Gasteiger partial charge in [0.1, 0.15) is 0 Å². The monoisotopic (exact) mass is 251 g/mol. The molecule has 2 rings (SSSR count). The molecule has 0 radical (unpaired) electrons. The van der Waals surface area contributed by atoms with E-state index in [1.807, 2.05) is 18.2 Å². The van der Waals surface area contributed by atoms with Gasteiger partial charge in [0, 0.05) is 18.8 Å². The molecule has 0 aliphatic heterocycles. The van der Waals surface area contributed by atoms with Crippen LogP contribution in [-0.4, -0.2) is 29.2 Å². The number of thioether (sulfide) groups is 1. The summed E-state index contributed by atoms with van der Waals surface area (Å²) in [5.41, 5.74) is 6.66. The second kappa shape index (κ2) is 6.02. The molecule has 5 heteroatoms.